The van der Waals surface area contributed by atoms with Gasteiger partial charge in [0.2, 0.25) is 0 Å². The Morgan fingerprint density at radius 1 is 1.36 bits per heavy atom. The number of benzene rings is 1. The van der Waals surface area contributed by atoms with Gasteiger partial charge in [0.25, 0.3) is 5.91 Å². The van der Waals surface area contributed by atoms with Crippen molar-refractivity contribution in [1.82, 2.24) is 0 Å². The molecule has 0 unspecified atom stereocenters. The molecule has 0 spiro atoms. The number of carbonyl (C=O) groups is 2. The standard InChI is InChI=1S/C16H14N2O3S/c1-10-8-13(16(20)21-2)15(22-10)18-14(19)12-5-3-4-11(9-12)6-7-17/h3-5,8-9H,6H2,1-2H3,(H,18,19). The van der Waals surface area contributed by atoms with Crippen LogP contribution < -0.4 is 5.32 Å². The molecule has 0 atom stereocenters. The fraction of sp³-hybridized carbons (Fsp3) is 0.188. The lowest BCUT2D eigenvalue weighted by molar-refractivity contribution is 0.0602. The Labute approximate surface area is 132 Å². The predicted molar refractivity (Wildman–Crippen MR) is 84.1 cm³/mol. The van der Waals surface area contributed by atoms with E-state index in [0.717, 1.165) is 10.4 Å². The van der Waals surface area contributed by atoms with Crippen molar-refractivity contribution >= 4 is 28.2 Å². The fourth-order valence-electron chi connectivity index (χ4n) is 1.96. The number of aryl methyl sites for hydroxylation is 1. The number of anilines is 1. The number of nitriles is 1. The minimum absolute atomic E-state index is 0.243. The number of nitrogens with one attached hydrogen (secondary N) is 1. The van der Waals surface area contributed by atoms with Crippen molar-refractivity contribution in [2.45, 2.75) is 13.3 Å². The normalized spacial score (nSPS) is 9.86. The van der Waals surface area contributed by atoms with Gasteiger partial charge >= 0.3 is 5.97 Å². The number of ether oxygens (including phenoxy) is 1. The first-order valence-electron chi connectivity index (χ1n) is 6.51. The minimum Gasteiger partial charge on any atom is -0.465 e. The Morgan fingerprint density at radius 2 is 2.14 bits per heavy atom. The molecule has 0 saturated heterocycles. The van der Waals surface area contributed by atoms with Gasteiger partial charge in [0.05, 0.1) is 25.2 Å². The lowest BCUT2D eigenvalue weighted by Crippen LogP contribution is -2.14. The molecule has 6 heteroatoms. The van der Waals surface area contributed by atoms with Crippen LogP contribution >= 0.6 is 11.3 Å². The van der Waals surface area contributed by atoms with Crippen LogP contribution in [0, 0.1) is 18.3 Å². The van der Waals surface area contributed by atoms with Crippen LogP contribution in [-0.2, 0) is 11.2 Å². The smallest absolute Gasteiger partial charge is 0.340 e. The van der Waals surface area contributed by atoms with Crippen molar-refractivity contribution < 1.29 is 14.3 Å². The van der Waals surface area contributed by atoms with Gasteiger partial charge in [-0.15, -0.1) is 11.3 Å². The zero-order chi connectivity index (χ0) is 16.1. The van der Waals surface area contributed by atoms with Gasteiger partial charge in [-0.1, -0.05) is 12.1 Å². The highest BCUT2D eigenvalue weighted by Gasteiger charge is 2.18. The summed E-state index contributed by atoms with van der Waals surface area (Å²) in [5, 5.41) is 11.9. The molecule has 2 aromatic rings. The van der Waals surface area contributed by atoms with E-state index < -0.39 is 5.97 Å². The fourth-order valence-corrected chi connectivity index (χ4v) is 2.85. The van der Waals surface area contributed by atoms with Crippen molar-refractivity contribution in [3.8, 4) is 6.07 Å². The minimum atomic E-state index is -0.488. The van der Waals surface area contributed by atoms with Crippen LogP contribution in [0.4, 0.5) is 5.00 Å². The SMILES string of the molecule is COC(=O)c1cc(C)sc1NC(=O)c1cccc(CC#N)c1. The Morgan fingerprint density at radius 3 is 2.82 bits per heavy atom. The summed E-state index contributed by atoms with van der Waals surface area (Å²) in [6.07, 6.45) is 0.243. The van der Waals surface area contributed by atoms with E-state index in [1.165, 1.54) is 18.4 Å². The summed E-state index contributed by atoms with van der Waals surface area (Å²) >= 11 is 1.31. The Kier molecular flexibility index (Phi) is 4.92. The Balaban J connectivity index is 2.24. The Bertz CT molecular complexity index is 759. The molecule has 0 aliphatic heterocycles. The largest absolute Gasteiger partial charge is 0.465 e. The molecule has 2 rings (SSSR count). The van der Waals surface area contributed by atoms with E-state index in [1.807, 2.05) is 13.0 Å². The number of esters is 1. The van der Waals surface area contributed by atoms with Gasteiger partial charge < -0.3 is 10.1 Å². The number of carbonyl (C=O) groups excluding carboxylic acids is 2. The summed E-state index contributed by atoms with van der Waals surface area (Å²) in [4.78, 5) is 24.9. The van der Waals surface area contributed by atoms with Gasteiger partial charge in [-0.05, 0) is 30.7 Å². The topological polar surface area (TPSA) is 79.2 Å². The number of hydrogen-bond donors (Lipinski definition) is 1. The maximum Gasteiger partial charge on any atom is 0.340 e. The quantitative estimate of drug-likeness (QED) is 0.879. The highest BCUT2D eigenvalue weighted by molar-refractivity contribution is 7.16. The lowest BCUT2D eigenvalue weighted by atomic mass is 10.1. The molecule has 0 aliphatic rings. The maximum atomic E-state index is 12.3. The molecule has 1 N–H and O–H groups in total. The summed E-state index contributed by atoms with van der Waals surface area (Å²) in [5.41, 5.74) is 1.55. The number of nitrogens with zero attached hydrogens (tertiary/aromatic N) is 1. The summed E-state index contributed by atoms with van der Waals surface area (Å²) in [7, 11) is 1.30. The highest BCUT2D eigenvalue weighted by Crippen LogP contribution is 2.28. The van der Waals surface area contributed by atoms with Crippen molar-refractivity contribution in [3.05, 3.63) is 51.9 Å². The molecule has 0 bridgehead atoms. The number of hydrogen-bond acceptors (Lipinski definition) is 5. The average molecular weight is 314 g/mol. The van der Waals surface area contributed by atoms with E-state index in [-0.39, 0.29) is 12.3 Å². The van der Waals surface area contributed by atoms with Crippen LogP contribution in [0.5, 0.6) is 0 Å². The van der Waals surface area contributed by atoms with E-state index in [4.69, 9.17) is 10.00 Å². The van der Waals surface area contributed by atoms with Gasteiger partial charge in [0, 0.05) is 10.4 Å². The first-order chi connectivity index (χ1) is 10.5. The van der Waals surface area contributed by atoms with Gasteiger partial charge in [-0.25, -0.2) is 4.79 Å². The van der Waals surface area contributed by atoms with Crippen LogP contribution in [0.15, 0.2) is 30.3 Å². The second kappa shape index (κ2) is 6.87. The number of thiophene rings is 1. The molecule has 0 fully saturated rings. The van der Waals surface area contributed by atoms with Crippen LogP contribution in [0.2, 0.25) is 0 Å². The van der Waals surface area contributed by atoms with Crippen LogP contribution in [0.25, 0.3) is 0 Å². The number of methoxy groups -OCH3 is 1. The molecule has 1 aromatic heterocycles. The summed E-state index contributed by atoms with van der Waals surface area (Å²) < 4.78 is 4.71. The van der Waals surface area contributed by atoms with Crippen molar-refractivity contribution in [3.63, 3.8) is 0 Å². The van der Waals surface area contributed by atoms with Crippen LogP contribution in [-0.4, -0.2) is 19.0 Å². The summed E-state index contributed by atoms with van der Waals surface area (Å²) in [6, 6.07) is 10.6. The number of amides is 1. The predicted octanol–water partition coefficient (Wildman–Crippen LogP) is 3.16. The van der Waals surface area contributed by atoms with Crippen molar-refractivity contribution in [2.24, 2.45) is 0 Å². The van der Waals surface area contributed by atoms with E-state index >= 15 is 0 Å². The second-order valence-electron chi connectivity index (χ2n) is 4.58. The lowest BCUT2D eigenvalue weighted by Gasteiger charge is -2.06. The molecule has 0 radical (unpaired) electrons. The first kappa shape index (κ1) is 15.7. The van der Waals surface area contributed by atoms with Gasteiger partial charge in [0.15, 0.2) is 0 Å². The zero-order valence-electron chi connectivity index (χ0n) is 12.2. The van der Waals surface area contributed by atoms with Gasteiger partial charge in [-0.2, -0.15) is 5.26 Å². The van der Waals surface area contributed by atoms with E-state index in [0.29, 0.717) is 16.1 Å². The third kappa shape index (κ3) is 3.51. The molecule has 22 heavy (non-hydrogen) atoms. The molecule has 0 aliphatic carbocycles. The van der Waals surface area contributed by atoms with E-state index in [9.17, 15) is 9.59 Å². The number of rotatable bonds is 4. The van der Waals surface area contributed by atoms with E-state index in [2.05, 4.69) is 5.32 Å². The van der Waals surface area contributed by atoms with Gasteiger partial charge in [0.1, 0.15) is 5.00 Å². The van der Waals surface area contributed by atoms with Gasteiger partial charge in [-0.3, -0.25) is 4.79 Å². The van der Waals surface area contributed by atoms with E-state index in [1.54, 1.807) is 30.3 Å². The molecular formula is C16H14N2O3S. The first-order valence-corrected chi connectivity index (χ1v) is 7.32. The highest BCUT2D eigenvalue weighted by atomic mass is 32.1. The molecule has 0 saturated carbocycles. The Hall–Kier alpha value is -2.65. The third-order valence-corrected chi connectivity index (χ3v) is 3.93. The molecule has 5 nitrogen and oxygen atoms in total. The molecule has 112 valence electrons. The maximum absolute atomic E-state index is 12.3. The molecule has 1 aromatic carbocycles. The van der Waals surface area contributed by atoms with Crippen molar-refractivity contribution in [1.29, 1.82) is 5.26 Å². The average Bonchev–Trinajstić information content (AvgIpc) is 2.87. The third-order valence-electron chi connectivity index (χ3n) is 2.96. The zero-order valence-corrected chi connectivity index (χ0v) is 13.0. The second-order valence-corrected chi connectivity index (χ2v) is 5.84. The van der Waals surface area contributed by atoms with Crippen LogP contribution in [0.1, 0.15) is 31.2 Å². The molecular weight excluding hydrogens is 300 g/mol. The summed E-state index contributed by atoms with van der Waals surface area (Å²) in [5.74, 6) is -0.815. The van der Waals surface area contributed by atoms with Crippen molar-refractivity contribution in [2.75, 3.05) is 12.4 Å². The monoisotopic (exact) mass is 314 g/mol. The molecule has 1 heterocycles. The molecule has 1 amide bonds. The van der Waals surface area contributed by atoms with Crippen LogP contribution in [0.3, 0.4) is 0 Å². The summed E-state index contributed by atoms with van der Waals surface area (Å²) in [6.45, 7) is 1.85.